The maximum absolute atomic E-state index is 13.0. The predicted molar refractivity (Wildman–Crippen MR) is 85.4 cm³/mol. The summed E-state index contributed by atoms with van der Waals surface area (Å²) in [4.78, 5) is 23.2. The van der Waals surface area contributed by atoms with Crippen LogP contribution in [0.3, 0.4) is 0 Å². The van der Waals surface area contributed by atoms with Gasteiger partial charge in [0.25, 0.3) is 0 Å². The fourth-order valence-electron chi connectivity index (χ4n) is 2.14. The van der Waals surface area contributed by atoms with Gasteiger partial charge >= 0.3 is 12.2 Å². The molecule has 0 heterocycles. The first-order valence-electron chi connectivity index (χ1n) is 7.89. The van der Waals surface area contributed by atoms with Crippen molar-refractivity contribution in [2.45, 2.75) is 37.9 Å². The molecule has 0 spiro atoms. The van der Waals surface area contributed by atoms with Crippen LogP contribution in [-0.4, -0.2) is 31.6 Å². The molecule has 2 rings (SSSR count). The van der Waals surface area contributed by atoms with Crippen molar-refractivity contribution in [2.24, 2.45) is 0 Å². The molecular formula is C16H20F3N3O3. The van der Waals surface area contributed by atoms with Crippen molar-refractivity contribution in [3.8, 4) is 5.75 Å². The number of hydrogen-bond acceptors (Lipinski definition) is 3. The van der Waals surface area contributed by atoms with E-state index in [2.05, 4.69) is 16.0 Å². The second kappa shape index (κ2) is 8.09. The van der Waals surface area contributed by atoms with Crippen LogP contribution in [-0.2, 0) is 11.0 Å². The van der Waals surface area contributed by atoms with Gasteiger partial charge in [0.15, 0.2) is 0 Å². The molecular weight excluding hydrogens is 339 g/mol. The molecule has 1 fully saturated rings. The number of methoxy groups -OCH3 is 1. The molecule has 138 valence electrons. The maximum atomic E-state index is 13.0. The number of anilines is 1. The number of alkyl halides is 3. The minimum atomic E-state index is -4.63. The topological polar surface area (TPSA) is 79.5 Å². The Kier molecular flexibility index (Phi) is 6.11. The van der Waals surface area contributed by atoms with E-state index < -0.39 is 17.8 Å². The summed E-state index contributed by atoms with van der Waals surface area (Å²) < 4.78 is 43.9. The highest BCUT2D eigenvalue weighted by molar-refractivity contribution is 5.90. The van der Waals surface area contributed by atoms with Crippen molar-refractivity contribution in [3.05, 3.63) is 23.8 Å². The third-order valence-corrected chi connectivity index (χ3v) is 3.59. The number of rotatable bonds is 7. The molecule has 25 heavy (non-hydrogen) atoms. The normalized spacial score (nSPS) is 13.9. The molecule has 1 aliphatic rings. The summed E-state index contributed by atoms with van der Waals surface area (Å²) >= 11 is 0. The first kappa shape index (κ1) is 18.9. The lowest BCUT2D eigenvalue weighted by Crippen LogP contribution is -2.31. The van der Waals surface area contributed by atoms with Crippen molar-refractivity contribution in [3.63, 3.8) is 0 Å². The summed E-state index contributed by atoms with van der Waals surface area (Å²) in [5, 5.41) is 7.42. The minimum absolute atomic E-state index is 0.0416. The monoisotopic (exact) mass is 359 g/mol. The zero-order valence-corrected chi connectivity index (χ0v) is 13.7. The van der Waals surface area contributed by atoms with E-state index in [-0.39, 0.29) is 36.4 Å². The summed E-state index contributed by atoms with van der Waals surface area (Å²) in [6.45, 7) is 0.182. The van der Waals surface area contributed by atoms with E-state index in [4.69, 9.17) is 4.74 Å². The third-order valence-electron chi connectivity index (χ3n) is 3.59. The number of nitrogens with one attached hydrogen (secondary N) is 3. The minimum Gasteiger partial charge on any atom is -0.497 e. The smallest absolute Gasteiger partial charge is 0.418 e. The predicted octanol–water partition coefficient (Wildman–Crippen LogP) is 2.89. The molecule has 0 unspecified atom stereocenters. The Morgan fingerprint density at radius 2 is 2.00 bits per heavy atom. The summed E-state index contributed by atoms with van der Waals surface area (Å²) in [5.41, 5.74) is -1.36. The molecule has 0 aliphatic heterocycles. The van der Waals surface area contributed by atoms with Crippen molar-refractivity contribution in [2.75, 3.05) is 19.0 Å². The molecule has 6 nitrogen and oxygen atoms in total. The maximum Gasteiger partial charge on any atom is 0.418 e. The molecule has 0 radical (unpaired) electrons. The molecule has 1 aromatic carbocycles. The Hall–Kier alpha value is -2.45. The zero-order valence-electron chi connectivity index (χ0n) is 13.7. The van der Waals surface area contributed by atoms with Crippen LogP contribution in [0.1, 0.15) is 31.2 Å². The lowest BCUT2D eigenvalue weighted by atomic mass is 10.1. The van der Waals surface area contributed by atoms with Crippen LogP contribution in [0.15, 0.2) is 18.2 Å². The number of carbonyl (C=O) groups is 2. The molecule has 0 saturated heterocycles. The molecule has 1 saturated carbocycles. The highest BCUT2D eigenvalue weighted by atomic mass is 19.4. The Labute approximate surface area is 143 Å². The van der Waals surface area contributed by atoms with Gasteiger partial charge in [-0.05, 0) is 37.5 Å². The first-order valence-corrected chi connectivity index (χ1v) is 7.89. The van der Waals surface area contributed by atoms with E-state index in [9.17, 15) is 22.8 Å². The number of hydrogen-bond donors (Lipinski definition) is 3. The average molecular weight is 359 g/mol. The number of ether oxygens (including phenoxy) is 1. The van der Waals surface area contributed by atoms with Gasteiger partial charge in [0.2, 0.25) is 5.91 Å². The van der Waals surface area contributed by atoms with Crippen LogP contribution in [0.2, 0.25) is 0 Å². The number of halogens is 3. The molecule has 3 N–H and O–H groups in total. The van der Waals surface area contributed by atoms with Gasteiger partial charge in [-0.3, -0.25) is 4.79 Å². The van der Waals surface area contributed by atoms with E-state index in [0.29, 0.717) is 6.42 Å². The lowest BCUT2D eigenvalue weighted by Gasteiger charge is -2.15. The highest BCUT2D eigenvalue weighted by Crippen LogP contribution is 2.37. The fourth-order valence-corrected chi connectivity index (χ4v) is 2.14. The van der Waals surface area contributed by atoms with Gasteiger partial charge in [-0.25, -0.2) is 4.79 Å². The van der Waals surface area contributed by atoms with E-state index in [0.717, 1.165) is 25.0 Å². The second-order valence-corrected chi connectivity index (χ2v) is 5.74. The van der Waals surface area contributed by atoms with Crippen LogP contribution < -0.4 is 20.7 Å². The van der Waals surface area contributed by atoms with Gasteiger partial charge in [0, 0.05) is 19.0 Å². The highest BCUT2D eigenvalue weighted by Gasteiger charge is 2.34. The fraction of sp³-hybridized carbons (Fsp3) is 0.500. The molecule has 1 aliphatic carbocycles. The molecule has 3 amide bonds. The Morgan fingerprint density at radius 3 is 2.60 bits per heavy atom. The summed E-state index contributed by atoms with van der Waals surface area (Å²) in [7, 11) is 1.26. The van der Waals surface area contributed by atoms with Gasteiger partial charge in [-0.2, -0.15) is 13.2 Å². The molecule has 0 bridgehead atoms. The lowest BCUT2D eigenvalue weighted by molar-refractivity contribution is -0.137. The van der Waals surface area contributed by atoms with Gasteiger partial charge in [-0.1, -0.05) is 0 Å². The number of amides is 3. The van der Waals surface area contributed by atoms with E-state index in [1.807, 2.05) is 0 Å². The number of benzene rings is 1. The molecule has 9 heteroatoms. The van der Waals surface area contributed by atoms with E-state index in [1.54, 1.807) is 0 Å². The Balaban J connectivity index is 1.82. The molecule has 0 aromatic heterocycles. The number of carbonyl (C=O) groups excluding carboxylic acids is 2. The largest absolute Gasteiger partial charge is 0.497 e. The van der Waals surface area contributed by atoms with Gasteiger partial charge in [0.05, 0.1) is 18.4 Å². The summed E-state index contributed by atoms with van der Waals surface area (Å²) in [6, 6.07) is 2.78. The summed E-state index contributed by atoms with van der Waals surface area (Å²) in [6.07, 6.45) is -1.97. The third kappa shape index (κ3) is 6.17. The van der Waals surface area contributed by atoms with Crippen molar-refractivity contribution >= 4 is 17.6 Å². The molecule has 0 atom stereocenters. The SMILES string of the molecule is COc1ccc(NC(=O)NCCCC(=O)NC2CC2)c(C(F)(F)F)c1. The van der Waals surface area contributed by atoms with Crippen LogP contribution >= 0.6 is 0 Å². The summed E-state index contributed by atoms with van der Waals surface area (Å²) in [5.74, 6) is -0.0424. The quantitative estimate of drug-likeness (QED) is 0.655. The van der Waals surface area contributed by atoms with Crippen LogP contribution in [0, 0.1) is 0 Å². The van der Waals surface area contributed by atoms with Crippen LogP contribution in [0.25, 0.3) is 0 Å². The van der Waals surface area contributed by atoms with E-state index in [1.165, 1.54) is 13.2 Å². The first-order chi connectivity index (χ1) is 11.8. The average Bonchev–Trinajstić information content (AvgIpc) is 3.35. The standard InChI is InChI=1S/C16H20F3N3O3/c1-25-11-6-7-13(12(9-11)16(17,18)19)22-15(24)20-8-2-3-14(23)21-10-4-5-10/h6-7,9-10H,2-5,8H2,1H3,(H,21,23)(H2,20,22,24). The Morgan fingerprint density at radius 1 is 1.28 bits per heavy atom. The zero-order chi connectivity index (χ0) is 18.4. The van der Waals surface area contributed by atoms with Crippen molar-refractivity contribution < 1.29 is 27.5 Å². The van der Waals surface area contributed by atoms with Crippen molar-refractivity contribution in [1.29, 1.82) is 0 Å². The van der Waals surface area contributed by atoms with Gasteiger partial charge in [-0.15, -0.1) is 0 Å². The van der Waals surface area contributed by atoms with Crippen molar-refractivity contribution in [1.82, 2.24) is 10.6 Å². The van der Waals surface area contributed by atoms with Crippen LogP contribution in [0.4, 0.5) is 23.7 Å². The van der Waals surface area contributed by atoms with E-state index >= 15 is 0 Å². The number of urea groups is 1. The molecule has 1 aromatic rings. The van der Waals surface area contributed by atoms with Gasteiger partial charge < -0.3 is 20.7 Å². The van der Waals surface area contributed by atoms with Crippen LogP contribution in [0.5, 0.6) is 5.75 Å². The Bertz CT molecular complexity index is 631. The van der Waals surface area contributed by atoms with Gasteiger partial charge in [0.1, 0.15) is 5.75 Å². The second-order valence-electron chi connectivity index (χ2n) is 5.74.